The van der Waals surface area contributed by atoms with E-state index >= 15 is 0 Å². The van der Waals surface area contributed by atoms with Crippen molar-refractivity contribution >= 4 is 11.9 Å². The first-order chi connectivity index (χ1) is 10.1. The normalized spacial score (nSPS) is 14.3. The van der Waals surface area contributed by atoms with Crippen LogP contribution in [0, 0.1) is 0 Å². The van der Waals surface area contributed by atoms with Crippen LogP contribution in [0.25, 0.3) is 0 Å². The average molecular weight is 291 g/mol. The number of hydrogen-bond donors (Lipinski definition) is 2. The summed E-state index contributed by atoms with van der Waals surface area (Å²) in [5.41, 5.74) is 2.63. The lowest BCUT2D eigenvalue weighted by Crippen LogP contribution is -2.42. The minimum Gasteiger partial charge on any atom is -0.484 e. The molecular formula is C16H21NO4. The minimum atomic E-state index is -1.01. The number of benzene rings is 1. The second-order valence-corrected chi connectivity index (χ2v) is 5.32. The van der Waals surface area contributed by atoms with Crippen molar-refractivity contribution in [2.24, 2.45) is 0 Å². The molecule has 0 radical (unpaired) electrons. The van der Waals surface area contributed by atoms with Crippen molar-refractivity contribution in [3.05, 3.63) is 29.3 Å². The number of hydrogen-bond acceptors (Lipinski definition) is 3. The minimum absolute atomic E-state index is 0.160. The molecule has 114 valence electrons. The number of fused-ring (bicyclic) bond motifs is 1. The highest BCUT2D eigenvalue weighted by Crippen LogP contribution is 2.25. The largest absolute Gasteiger partial charge is 0.484 e. The SMILES string of the molecule is CCCC(NC(=O)COc1ccc2c(c1)CCC2)C(=O)O. The molecule has 2 N–H and O–H groups in total. The smallest absolute Gasteiger partial charge is 0.326 e. The van der Waals surface area contributed by atoms with Crippen LogP contribution >= 0.6 is 0 Å². The first kappa shape index (κ1) is 15.4. The molecule has 0 aliphatic heterocycles. The fraction of sp³-hybridized carbons (Fsp3) is 0.500. The molecule has 5 heteroatoms. The van der Waals surface area contributed by atoms with E-state index in [4.69, 9.17) is 9.84 Å². The van der Waals surface area contributed by atoms with Crippen LogP contribution < -0.4 is 10.1 Å². The number of amides is 1. The van der Waals surface area contributed by atoms with Gasteiger partial charge in [0, 0.05) is 0 Å². The van der Waals surface area contributed by atoms with Crippen LogP contribution in [-0.4, -0.2) is 29.6 Å². The summed E-state index contributed by atoms with van der Waals surface area (Å²) in [6, 6.07) is 5.02. The highest BCUT2D eigenvalue weighted by molar-refractivity contribution is 5.84. The zero-order valence-electron chi connectivity index (χ0n) is 12.2. The van der Waals surface area contributed by atoms with Crippen LogP contribution in [0.15, 0.2) is 18.2 Å². The summed E-state index contributed by atoms with van der Waals surface area (Å²) < 4.78 is 5.45. The molecule has 5 nitrogen and oxygen atoms in total. The van der Waals surface area contributed by atoms with Crippen LogP contribution in [0.4, 0.5) is 0 Å². The van der Waals surface area contributed by atoms with Crippen LogP contribution in [0.3, 0.4) is 0 Å². The molecule has 0 fully saturated rings. The Labute approximate surface area is 124 Å². The molecule has 21 heavy (non-hydrogen) atoms. The Morgan fingerprint density at radius 2 is 2.10 bits per heavy atom. The maximum Gasteiger partial charge on any atom is 0.326 e. The topological polar surface area (TPSA) is 75.6 Å². The maximum atomic E-state index is 11.7. The number of carbonyl (C=O) groups excluding carboxylic acids is 1. The summed E-state index contributed by atoms with van der Waals surface area (Å²) in [5.74, 6) is -0.757. The Bertz CT molecular complexity index is 527. The van der Waals surface area contributed by atoms with Crippen LogP contribution in [-0.2, 0) is 22.4 Å². The Kier molecular flexibility index (Phi) is 5.20. The summed E-state index contributed by atoms with van der Waals surface area (Å²) in [6.07, 6.45) is 4.43. The highest BCUT2D eigenvalue weighted by Gasteiger charge is 2.19. The number of nitrogens with one attached hydrogen (secondary N) is 1. The molecule has 1 aliphatic rings. The van der Waals surface area contributed by atoms with Crippen molar-refractivity contribution < 1.29 is 19.4 Å². The van der Waals surface area contributed by atoms with Gasteiger partial charge in [0.05, 0.1) is 0 Å². The molecule has 0 aromatic heterocycles. The maximum absolute atomic E-state index is 11.7. The molecular weight excluding hydrogens is 270 g/mol. The third kappa shape index (κ3) is 4.21. The van der Waals surface area contributed by atoms with E-state index in [1.54, 1.807) is 0 Å². The second kappa shape index (κ2) is 7.11. The molecule has 1 aliphatic carbocycles. The molecule has 2 rings (SSSR count). The second-order valence-electron chi connectivity index (χ2n) is 5.32. The fourth-order valence-corrected chi connectivity index (χ4v) is 2.57. The number of aliphatic carboxylic acids is 1. The quantitative estimate of drug-likeness (QED) is 0.805. The zero-order chi connectivity index (χ0) is 15.2. The molecule has 0 saturated carbocycles. The fourth-order valence-electron chi connectivity index (χ4n) is 2.57. The number of carboxylic acid groups (broad SMARTS) is 1. The van der Waals surface area contributed by atoms with Crippen molar-refractivity contribution in [1.82, 2.24) is 5.32 Å². The Morgan fingerprint density at radius 1 is 1.33 bits per heavy atom. The predicted molar refractivity (Wildman–Crippen MR) is 78.4 cm³/mol. The lowest BCUT2D eigenvalue weighted by atomic mass is 10.1. The lowest BCUT2D eigenvalue weighted by molar-refractivity contribution is -0.142. The summed E-state index contributed by atoms with van der Waals surface area (Å²) >= 11 is 0. The third-order valence-corrected chi connectivity index (χ3v) is 3.65. The zero-order valence-corrected chi connectivity index (χ0v) is 12.2. The summed E-state index contributed by atoms with van der Waals surface area (Å²) in [4.78, 5) is 22.7. The van der Waals surface area contributed by atoms with E-state index in [1.165, 1.54) is 11.1 Å². The first-order valence-corrected chi connectivity index (χ1v) is 7.37. The summed E-state index contributed by atoms with van der Waals surface area (Å²) in [5, 5.41) is 11.5. The highest BCUT2D eigenvalue weighted by atomic mass is 16.5. The van der Waals surface area contributed by atoms with E-state index in [2.05, 4.69) is 5.32 Å². The van der Waals surface area contributed by atoms with Crippen molar-refractivity contribution in [3.63, 3.8) is 0 Å². The van der Waals surface area contributed by atoms with Crippen LogP contribution in [0.1, 0.15) is 37.3 Å². The standard InChI is InChI=1S/C16H21NO4/c1-2-4-14(16(19)20)17-15(18)10-21-13-8-7-11-5-3-6-12(11)9-13/h7-9,14H,2-6,10H2,1H3,(H,17,18)(H,19,20). The van der Waals surface area contributed by atoms with Gasteiger partial charge in [-0.25, -0.2) is 4.79 Å². The molecule has 0 saturated heterocycles. The average Bonchev–Trinajstić information content (AvgIpc) is 2.92. The van der Waals surface area contributed by atoms with Gasteiger partial charge in [-0.15, -0.1) is 0 Å². The van der Waals surface area contributed by atoms with E-state index in [0.29, 0.717) is 18.6 Å². The van der Waals surface area contributed by atoms with Crippen LogP contribution in [0.2, 0.25) is 0 Å². The lowest BCUT2D eigenvalue weighted by Gasteiger charge is -2.14. The summed E-state index contributed by atoms with van der Waals surface area (Å²) in [6.45, 7) is 1.72. The van der Waals surface area contributed by atoms with E-state index in [1.807, 2.05) is 25.1 Å². The number of aryl methyl sites for hydroxylation is 2. The van der Waals surface area contributed by atoms with Crippen molar-refractivity contribution in [3.8, 4) is 5.75 Å². The first-order valence-electron chi connectivity index (χ1n) is 7.37. The van der Waals surface area contributed by atoms with Gasteiger partial charge in [0.15, 0.2) is 6.61 Å². The number of ether oxygens (including phenoxy) is 1. The number of rotatable bonds is 7. The van der Waals surface area contributed by atoms with Gasteiger partial charge in [0.2, 0.25) is 0 Å². The van der Waals surface area contributed by atoms with E-state index in [9.17, 15) is 9.59 Å². The van der Waals surface area contributed by atoms with Crippen molar-refractivity contribution in [2.75, 3.05) is 6.61 Å². The Morgan fingerprint density at radius 3 is 2.81 bits per heavy atom. The van der Waals surface area contributed by atoms with Gasteiger partial charge in [-0.2, -0.15) is 0 Å². The number of carbonyl (C=O) groups is 2. The van der Waals surface area contributed by atoms with Gasteiger partial charge in [0.25, 0.3) is 5.91 Å². The van der Waals surface area contributed by atoms with Gasteiger partial charge in [-0.05, 0) is 48.9 Å². The summed E-state index contributed by atoms with van der Waals surface area (Å²) in [7, 11) is 0. The van der Waals surface area contributed by atoms with Gasteiger partial charge >= 0.3 is 5.97 Å². The third-order valence-electron chi connectivity index (χ3n) is 3.65. The molecule has 0 heterocycles. The molecule has 1 aromatic rings. The monoisotopic (exact) mass is 291 g/mol. The van der Waals surface area contributed by atoms with Crippen molar-refractivity contribution in [1.29, 1.82) is 0 Å². The van der Waals surface area contributed by atoms with Gasteiger partial charge < -0.3 is 15.2 Å². The van der Waals surface area contributed by atoms with Crippen LogP contribution in [0.5, 0.6) is 5.75 Å². The molecule has 1 unspecified atom stereocenters. The molecule has 1 aromatic carbocycles. The predicted octanol–water partition coefficient (Wildman–Crippen LogP) is 1.92. The van der Waals surface area contributed by atoms with Gasteiger partial charge in [-0.1, -0.05) is 19.4 Å². The molecule has 1 amide bonds. The molecule has 1 atom stereocenters. The van der Waals surface area contributed by atoms with Gasteiger partial charge in [0.1, 0.15) is 11.8 Å². The Hall–Kier alpha value is -2.04. The molecule has 0 spiro atoms. The van der Waals surface area contributed by atoms with Gasteiger partial charge in [-0.3, -0.25) is 4.79 Å². The van der Waals surface area contributed by atoms with E-state index < -0.39 is 17.9 Å². The van der Waals surface area contributed by atoms with E-state index in [-0.39, 0.29) is 6.61 Å². The van der Waals surface area contributed by atoms with Crippen molar-refractivity contribution in [2.45, 2.75) is 45.1 Å². The van der Waals surface area contributed by atoms with E-state index in [0.717, 1.165) is 19.3 Å². The molecule has 0 bridgehead atoms. The Balaban J connectivity index is 1.84. The number of carboxylic acids is 1.